The van der Waals surface area contributed by atoms with Gasteiger partial charge in [-0.1, -0.05) is 23.7 Å². The van der Waals surface area contributed by atoms with Crippen LogP contribution in [0.25, 0.3) is 11.3 Å². The number of nitrogens with zero attached hydrogens (tertiary/aromatic N) is 2. The molecule has 0 aliphatic carbocycles. The summed E-state index contributed by atoms with van der Waals surface area (Å²) in [5.74, 6) is 0.364. The number of nitrogen functional groups attached to an aromatic ring is 1. The van der Waals surface area contributed by atoms with Crippen molar-refractivity contribution >= 4 is 17.4 Å². The maximum atomic E-state index is 9.29. The van der Waals surface area contributed by atoms with Crippen molar-refractivity contribution in [2.45, 2.75) is 0 Å². The number of hydrogen-bond acceptors (Lipinski definition) is 4. The molecule has 2 rings (SSSR count). The summed E-state index contributed by atoms with van der Waals surface area (Å²) in [5, 5.41) is 17.2. The van der Waals surface area contributed by atoms with E-state index < -0.39 is 0 Å². The topological polar surface area (TPSA) is 72.0 Å². The molecule has 1 aromatic heterocycles. The Labute approximate surface area is 91.3 Å². The molecule has 0 saturated heterocycles. The molecule has 2 aromatic rings. The lowest BCUT2D eigenvalue weighted by molar-refractivity contribution is 0.475. The summed E-state index contributed by atoms with van der Waals surface area (Å²) >= 11 is 5.81. The Hall–Kier alpha value is -1.81. The largest absolute Gasteiger partial charge is 0.508 e. The molecule has 0 bridgehead atoms. The fourth-order valence-corrected chi connectivity index (χ4v) is 1.33. The maximum absolute atomic E-state index is 9.29. The summed E-state index contributed by atoms with van der Waals surface area (Å²) in [5.41, 5.74) is 6.76. The Bertz CT molecular complexity index is 502. The monoisotopic (exact) mass is 221 g/mol. The fourth-order valence-electron chi connectivity index (χ4n) is 1.18. The third-order valence-corrected chi connectivity index (χ3v) is 2.22. The lowest BCUT2D eigenvalue weighted by atomic mass is 10.1. The van der Waals surface area contributed by atoms with Gasteiger partial charge in [-0.3, -0.25) is 0 Å². The van der Waals surface area contributed by atoms with Gasteiger partial charge in [0, 0.05) is 5.56 Å². The van der Waals surface area contributed by atoms with E-state index in [1.807, 2.05) is 0 Å². The zero-order valence-electron chi connectivity index (χ0n) is 7.68. The van der Waals surface area contributed by atoms with Crippen LogP contribution in [0.3, 0.4) is 0 Å². The minimum absolute atomic E-state index is 0.169. The van der Waals surface area contributed by atoms with Gasteiger partial charge in [0.05, 0.1) is 10.7 Å². The quantitative estimate of drug-likeness (QED) is 0.774. The molecule has 0 unspecified atom stereocenters. The average Bonchev–Trinajstić information content (AvgIpc) is 2.22. The highest BCUT2D eigenvalue weighted by atomic mass is 35.5. The van der Waals surface area contributed by atoms with Crippen molar-refractivity contribution in [2.24, 2.45) is 0 Å². The van der Waals surface area contributed by atoms with E-state index in [4.69, 9.17) is 17.3 Å². The van der Waals surface area contributed by atoms with Gasteiger partial charge in [-0.2, -0.15) is 0 Å². The van der Waals surface area contributed by atoms with Crippen molar-refractivity contribution in [3.05, 3.63) is 35.4 Å². The Morgan fingerprint density at radius 3 is 2.67 bits per heavy atom. The summed E-state index contributed by atoms with van der Waals surface area (Å²) in [6.07, 6.45) is 0. The zero-order valence-corrected chi connectivity index (χ0v) is 8.44. The molecule has 0 aliphatic rings. The number of rotatable bonds is 1. The molecule has 0 radical (unpaired) electrons. The van der Waals surface area contributed by atoms with Gasteiger partial charge >= 0.3 is 0 Å². The van der Waals surface area contributed by atoms with Gasteiger partial charge < -0.3 is 10.8 Å². The van der Waals surface area contributed by atoms with Crippen molar-refractivity contribution in [2.75, 3.05) is 5.73 Å². The van der Waals surface area contributed by atoms with Crippen LogP contribution >= 0.6 is 11.6 Å². The molecule has 0 atom stereocenters. The molecule has 15 heavy (non-hydrogen) atoms. The summed E-state index contributed by atoms with van der Waals surface area (Å²) in [4.78, 5) is 0. The van der Waals surface area contributed by atoms with Crippen LogP contribution in [0, 0.1) is 0 Å². The van der Waals surface area contributed by atoms with E-state index in [-0.39, 0.29) is 11.6 Å². The standard InChI is InChI=1S/C10H8ClN3O/c11-8-5-9(13-14-10(8)12)6-2-1-3-7(15)4-6/h1-5,15H,(H2,12,14). The second kappa shape index (κ2) is 3.74. The molecule has 0 amide bonds. The zero-order chi connectivity index (χ0) is 10.8. The van der Waals surface area contributed by atoms with Crippen LogP contribution in [0.5, 0.6) is 5.75 Å². The van der Waals surface area contributed by atoms with E-state index in [0.29, 0.717) is 10.7 Å². The molecule has 0 spiro atoms. The van der Waals surface area contributed by atoms with E-state index in [1.165, 1.54) is 0 Å². The van der Waals surface area contributed by atoms with Crippen molar-refractivity contribution < 1.29 is 5.11 Å². The number of hydrogen-bond donors (Lipinski definition) is 2. The van der Waals surface area contributed by atoms with Gasteiger partial charge in [-0.15, -0.1) is 10.2 Å². The Morgan fingerprint density at radius 2 is 2.00 bits per heavy atom. The molecule has 1 heterocycles. The normalized spacial score (nSPS) is 10.2. The maximum Gasteiger partial charge on any atom is 0.164 e. The molecule has 0 aliphatic heterocycles. The average molecular weight is 222 g/mol. The third-order valence-electron chi connectivity index (χ3n) is 1.92. The van der Waals surface area contributed by atoms with E-state index in [1.54, 1.807) is 30.3 Å². The second-order valence-electron chi connectivity index (χ2n) is 3.01. The summed E-state index contributed by atoms with van der Waals surface area (Å²) in [6.45, 7) is 0. The number of phenolic OH excluding ortho intramolecular Hbond substituents is 1. The summed E-state index contributed by atoms with van der Waals surface area (Å²) < 4.78 is 0. The van der Waals surface area contributed by atoms with Crippen LogP contribution in [0.1, 0.15) is 0 Å². The number of anilines is 1. The molecule has 76 valence electrons. The van der Waals surface area contributed by atoms with E-state index >= 15 is 0 Å². The van der Waals surface area contributed by atoms with E-state index in [2.05, 4.69) is 10.2 Å². The Morgan fingerprint density at radius 1 is 1.20 bits per heavy atom. The third kappa shape index (κ3) is 1.99. The number of aromatic nitrogens is 2. The van der Waals surface area contributed by atoms with Crippen molar-refractivity contribution in [1.82, 2.24) is 10.2 Å². The van der Waals surface area contributed by atoms with Gasteiger partial charge in [0.2, 0.25) is 0 Å². The first-order valence-electron chi connectivity index (χ1n) is 4.25. The predicted octanol–water partition coefficient (Wildman–Crippen LogP) is 2.08. The van der Waals surface area contributed by atoms with Crippen LogP contribution in [0.2, 0.25) is 5.02 Å². The second-order valence-corrected chi connectivity index (χ2v) is 3.42. The van der Waals surface area contributed by atoms with Gasteiger partial charge in [-0.25, -0.2) is 0 Å². The van der Waals surface area contributed by atoms with Gasteiger partial charge in [0.1, 0.15) is 5.75 Å². The molecule has 0 fully saturated rings. The molecular weight excluding hydrogens is 214 g/mol. The van der Waals surface area contributed by atoms with E-state index in [9.17, 15) is 5.11 Å². The SMILES string of the molecule is Nc1nnc(-c2cccc(O)c2)cc1Cl. The number of benzene rings is 1. The molecule has 3 N–H and O–H groups in total. The van der Waals surface area contributed by atoms with Gasteiger partial charge in [-0.05, 0) is 18.2 Å². The number of halogens is 1. The molecule has 0 saturated carbocycles. The fraction of sp³-hybridized carbons (Fsp3) is 0. The summed E-state index contributed by atoms with van der Waals surface area (Å²) in [7, 11) is 0. The highest BCUT2D eigenvalue weighted by Gasteiger charge is 2.04. The van der Waals surface area contributed by atoms with Crippen LogP contribution in [-0.2, 0) is 0 Å². The Kier molecular flexibility index (Phi) is 2.43. The lowest BCUT2D eigenvalue weighted by Crippen LogP contribution is -1.95. The van der Waals surface area contributed by atoms with Crippen molar-refractivity contribution in [3.8, 4) is 17.0 Å². The van der Waals surface area contributed by atoms with Crippen LogP contribution in [-0.4, -0.2) is 15.3 Å². The van der Waals surface area contributed by atoms with Crippen LogP contribution in [0.15, 0.2) is 30.3 Å². The highest BCUT2D eigenvalue weighted by Crippen LogP contribution is 2.24. The highest BCUT2D eigenvalue weighted by molar-refractivity contribution is 6.32. The number of nitrogens with two attached hydrogens (primary N) is 1. The van der Waals surface area contributed by atoms with Gasteiger partial charge in [0.25, 0.3) is 0 Å². The predicted molar refractivity (Wildman–Crippen MR) is 58.6 cm³/mol. The Balaban J connectivity index is 2.50. The number of phenols is 1. The molecule has 5 heteroatoms. The first-order chi connectivity index (χ1) is 7.16. The lowest BCUT2D eigenvalue weighted by Gasteiger charge is -2.02. The van der Waals surface area contributed by atoms with E-state index in [0.717, 1.165) is 5.56 Å². The summed E-state index contributed by atoms with van der Waals surface area (Å²) in [6, 6.07) is 8.29. The minimum atomic E-state index is 0.169. The first kappa shape index (κ1) is 9.73. The van der Waals surface area contributed by atoms with Crippen LogP contribution < -0.4 is 5.73 Å². The molecule has 4 nitrogen and oxygen atoms in total. The first-order valence-corrected chi connectivity index (χ1v) is 4.63. The van der Waals surface area contributed by atoms with Gasteiger partial charge in [0.15, 0.2) is 5.82 Å². The molecular formula is C10H8ClN3O. The van der Waals surface area contributed by atoms with Crippen molar-refractivity contribution in [1.29, 1.82) is 0 Å². The minimum Gasteiger partial charge on any atom is -0.508 e. The van der Waals surface area contributed by atoms with Crippen LogP contribution in [0.4, 0.5) is 5.82 Å². The number of aromatic hydroxyl groups is 1. The van der Waals surface area contributed by atoms with Crippen molar-refractivity contribution in [3.63, 3.8) is 0 Å². The molecule has 1 aromatic carbocycles. The smallest absolute Gasteiger partial charge is 0.164 e.